The molecular formula is C18H15ClFN3OS2. The van der Waals surface area contributed by atoms with Crippen molar-refractivity contribution in [3.05, 3.63) is 45.8 Å². The Morgan fingerprint density at radius 1 is 1.38 bits per heavy atom. The SMILES string of the molecule is C[C@@H](Sc1ncnc2sc3c(c12)CCC3)C(=O)Nc1ccc(Cl)cc1F. The number of hydrogen-bond acceptors (Lipinski definition) is 5. The van der Waals surface area contributed by atoms with Crippen LogP contribution in [0.2, 0.25) is 5.02 Å². The normalized spacial score (nSPS) is 14.4. The zero-order valence-electron chi connectivity index (χ0n) is 13.9. The van der Waals surface area contributed by atoms with Crippen LogP contribution >= 0.6 is 34.7 Å². The maximum Gasteiger partial charge on any atom is 0.237 e. The van der Waals surface area contributed by atoms with Crippen LogP contribution in [0.4, 0.5) is 10.1 Å². The second-order valence-corrected chi connectivity index (χ2v) is 8.94. The summed E-state index contributed by atoms with van der Waals surface area (Å²) in [7, 11) is 0. The number of halogens is 2. The molecule has 1 atom stereocenters. The predicted octanol–water partition coefficient (Wildman–Crippen LogP) is 5.09. The highest BCUT2D eigenvalue weighted by molar-refractivity contribution is 8.00. The largest absolute Gasteiger partial charge is 0.323 e. The van der Waals surface area contributed by atoms with Crippen molar-refractivity contribution in [2.45, 2.75) is 36.5 Å². The number of anilines is 1. The Hall–Kier alpha value is -1.70. The Kier molecular flexibility index (Phi) is 4.86. The molecule has 0 saturated carbocycles. The molecule has 0 bridgehead atoms. The van der Waals surface area contributed by atoms with Crippen LogP contribution in [0.15, 0.2) is 29.6 Å². The second-order valence-electron chi connectivity index (χ2n) is 6.09. The lowest BCUT2D eigenvalue weighted by Crippen LogP contribution is -2.23. The van der Waals surface area contributed by atoms with Gasteiger partial charge in [0.1, 0.15) is 22.0 Å². The van der Waals surface area contributed by atoms with Gasteiger partial charge in [-0.05, 0) is 49.9 Å². The number of fused-ring (bicyclic) bond motifs is 3. The number of amides is 1. The Labute approximate surface area is 163 Å². The maximum absolute atomic E-state index is 13.9. The van der Waals surface area contributed by atoms with Crippen LogP contribution in [0, 0.1) is 5.82 Å². The molecule has 1 aliphatic rings. The highest BCUT2D eigenvalue weighted by Gasteiger charge is 2.24. The maximum atomic E-state index is 13.9. The topological polar surface area (TPSA) is 54.9 Å². The Bertz CT molecular complexity index is 1010. The van der Waals surface area contributed by atoms with Crippen molar-refractivity contribution in [3.63, 3.8) is 0 Å². The van der Waals surface area contributed by atoms with Crippen molar-refractivity contribution in [2.24, 2.45) is 0 Å². The molecule has 0 saturated heterocycles. The molecule has 0 fully saturated rings. The molecule has 0 unspecified atom stereocenters. The van der Waals surface area contributed by atoms with Gasteiger partial charge >= 0.3 is 0 Å². The summed E-state index contributed by atoms with van der Waals surface area (Å²) in [6.07, 6.45) is 4.82. The van der Waals surface area contributed by atoms with E-state index < -0.39 is 11.1 Å². The molecule has 1 N–H and O–H groups in total. The third-order valence-corrected chi connectivity index (χ3v) is 6.85. The number of hydrogen-bond donors (Lipinski definition) is 1. The average molecular weight is 408 g/mol. The summed E-state index contributed by atoms with van der Waals surface area (Å²) in [5.74, 6) is -0.835. The third-order valence-electron chi connectivity index (χ3n) is 4.31. The molecule has 1 aliphatic carbocycles. The van der Waals surface area contributed by atoms with E-state index in [0.29, 0.717) is 0 Å². The molecule has 0 spiro atoms. The van der Waals surface area contributed by atoms with Crippen LogP contribution < -0.4 is 5.32 Å². The first-order valence-corrected chi connectivity index (χ1v) is 10.3. The van der Waals surface area contributed by atoms with Gasteiger partial charge in [0.15, 0.2) is 0 Å². The van der Waals surface area contributed by atoms with Gasteiger partial charge in [0.25, 0.3) is 0 Å². The third kappa shape index (κ3) is 3.31. The molecule has 4 nitrogen and oxygen atoms in total. The number of aromatic nitrogens is 2. The van der Waals surface area contributed by atoms with Gasteiger partial charge in [-0.2, -0.15) is 0 Å². The van der Waals surface area contributed by atoms with Crippen molar-refractivity contribution in [1.82, 2.24) is 9.97 Å². The fourth-order valence-corrected chi connectivity index (χ4v) is 5.43. The van der Waals surface area contributed by atoms with Crippen LogP contribution in [-0.2, 0) is 17.6 Å². The quantitative estimate of drug-likeness (QED) is 0.483. The number of thioether (sulfide) groups is 1. The van der Waals surface area contributed by atoms with Gasteiger partial charge in [-0.15, -0.1) is 11.3 Å². The predicted molar refractivity (Wildman–Crippen MR) is 105 cm³/mol. The van der Waals surface area contributed by atoms with Gasteiger partial charge in [0, 0.05) is 15.3 Å². The first-order chi connectivity index (χ1) is 12.5. The Morgan fingerprint density at radius 2 is 2.23 bits per heavy atom. The summed E-state index contributed by atoms with van der Waals surface area (Å²) in [5, 5.41) is 4.37. The number of thiophene rings is 1. The minimum atomic E-state index is -0.553. The van der Waals surface area contributed by atoms with Crippen LogP contribution in [0.25, 0.3) is 10.2 Å². The minimum Gasteiger partial charge on any atom is -0.323 e. The molecule has 1 aromatic carbocycles. The number of carbonyl (C=O) groups excluding carboxylic acids is 1. The zero-order chi connectivity index (χ0) is 18.3. The summed E-state index contributed by atoms with van der Waals surface area (Å²) in [6.45, 7) is 1.79. The van der Waals surface area contributed by atoms with Crippen LogP contribution in [-0.4, -0.2) is 21.1 Å². The van der Waals surface area contributed by atoms with Gasteiger partial charge in [0.05, 0.1) is 10.9 Å². The second kappa shape index (κ2) is 7.13. The average Bonchev–Trinajstić information content (AvgIpc) is 3.18. The lowest BCUT2D eigenvalue weighted by Gasteiger charge is -2.13. The van der Waals surface area contributed by atoms with Crippen molar-refractivity contribution < 1.29 is 9.18 Å². The van der Waals surface area contributed by atoms with E-state index in [9.17, 15) is 9.18 Å². The van der Waals surface area contributed by atoms with Gasteiger partial charge < -0.3 is 5.32 Å². The number of carbonyl (C=O) groups is 1. The fraction of sp³-hybridized carbons (Fsp3) is 0.278. The van der Waals surface area contributed by atoms with Crippen LogP contribution in [0.1, 0.15) is 23.8 Å². The molecule has 3 aromatic rings. The van der Waals surface area contributed by atoms with Gasteiger partial charge in [-0.3, -0.25) is 4.79 Å². The first kappa shape index (κ1) is 17.7. The molecular weight excluding hydrogens is 393 g/mol. The zero-order valence-corrected chi connectivity index (χ0v) is 16.3. The Balaban J connectivity index is 1.55. The van der Waals surface area contributed by atoms with Gasteiger partial charge in [-0.1, -0.05) is 23.4 Å². The van der Waals surface area contributed by atoms with E-state index in [1.165, 1.54) is 34.3 Å². The smallest absolute Gasteiger partial charge is 0.237 e. The minimum absolute atomic E-state index is 0.121. The summed E-state index contributed by atoms with van der Waals surface area (Å²) in [4.78, 5) is 23.6. The van der Waals surface area contributed by atoms with E-state index in [4.69, 9.17) is 11.6 Å². The van der Waals surface area contributed by atoms with Gasteiger partial charge in [0.2, 0.25) is 5.91 Å². The number of benzene rings is 1. The lowest BCUT2D eigenvalue weighted by molar-refractivity contribution is -0.115. The molecule has 0 aliphatic heterocycles. The number of nitrogens with one attached hydrogen (secondary N) is 1. The summed E-state index contributed by atoms with van der Waals surface area (Å²) in [5.41, 5.74) is 1.44. The molecule has 2 heterocycles. The Morgan fingerprint density at radius 3 is 3.04 bits per heavy atom. The van der Waals surface area contributed by atoms with E-state index in [2.05, 4.69) is 15.3 Å². The van der Waals surface area contributed by atoms with E-state index >= 15 is 0 Å². The van der Waals surface area contributed by atoms with Crippen LogP contribution in [0.3, 0.4) is 0 Å². The summed E-state index contributed by atoms with van der Waals surface area (Å²) >= 11 is 8.83. The number of nitrogens with zero attached hydrogens (tertiary/aromatic N) is 2. The number of rotatable bonds is 4. The number of aryl methyl sites for hydroxylation is 2. The van der Waals surface area contributed by atoms with E-state index in [1.807, 2.05) is 0 Å². The molecule has 4 rings (SSSR count). The van der Waals surface area contributed by atoms with Crippen molar-refractivity contribution in [2.75, 3.05) is 5.32 Å². The molecule has 26 heavy (non-hydrogen) atoms. The molecule has 2 aromatic heterocycles. The van der Waals surface area contributed by atoms with E-state index in [-0.39, 0.29) is 16.6 Å². The van der Waals surface area contributed by atoms with E-state index in [1.54, 1.807) is 30.7 Å². The van der Waals surface area contributed by atoms with Crippen molar-refractivity contribution >= 4 is 56.5 Å². The standard InChI is InChI=1S/C18H15ClFN3OS2/c1-9(16(24)23-13-6-5-10(19)7-12(13)20)25-17-15-11-3-2-4-14(11)26-18(15)22-8-21-17/h5-9H,2-4H2,1H3,(H,23,24)/t9-/m1/s1. The molecule has 1 amide bonds. The lowest BCUT2D eigenvalue weighted by atomic mass is 10.2. The molecule has 8 heteroatoms. The molecule has 134 valence electrons. The summed E-state index contributed by atoms with van der Waals surface area (Å²) < 4.78 is 13.9. The van der Waals surface area contributed by atoms with E-state index in [0.717, 1.165) is 34.5 Å². The summed E-state index contributed by atoms with van der Waals surface area (Å²) in [6, 6.07) is 4.18. The monoisotopic (exact) mass is 407 g/mol. The first-order valence-electron chi connectivity index (χ1n) is 8.20. The van der Waals surface area contributed by atoms with Crippen molar-refractivity contribution in [1.29, 1.82) is 0 Å². The van der Waals surface area contributed by atoms with Crippen molar-refractivity contribution in [3.8, 4) is 0 Å². The molecule has 0 radical (unpaired) electrons. The fourth-order valence-electron chi connectivity index (χ4n) is 3.04. The highest BCUT2D eigenvalue weighted by atomic mass is 35.5. The van der Waals surface area contributed by atoms with Gasteiger partial charge in [-0.25, -0.2) is 14.4 Å². The van der Waals surface area contributed by atoms with Crippen LogP contribution in [0.5, 0.6) is 0 Å². The highest BCUT2D eigenvalue weighted by Crippen LogP contribution is 2.40.